The van der Waals surface area contributed by atoms with Gasteiger partial charge in [0.15, 0.2) is 6.29 Å². The molecule has 0 unspecified atom stereocenters. The lowest BCUT2D eigenvalue weighted by Crippen LogP contribution is -2.23. The van der Waals surface area contributed by atoms with Crippen molar-refractivity contribution in [2.75, 3.05) is 13.2 Å². The molecule has 1 aliphatic heterocycles. The summed E-state index contributed by atoms with van der Waals surface area (Å²) in [6.45, 7) is 1.66. The van der Waals surface area contributed by atoms with Crippen molar-refractivity contribution < 1.29 is 9.47 Å². The second kappa shape index (κ2) is 5.89. The molecule has 82 valence electrons. The number of hydrogen-bond donors (Lipinski definition) is 0. The van der Waals surface area contributed by atoms with Gasteiger partial charge in [-0.3, -0.25) is 0 Å². The quantitative estimate of drug-likeness (QED) is 0.740. The molecule has 2 heteroatoms. The highest BCUT2D eigenvalue weighted by Gasteiger charge is 2.12. The molecule has 1 aromatic carbocycles. The van der Waals surface area contributed by atoms with Crippen LogP contribution < -0.4 is 0 Å². The Morgan fingerprint density at radius 3 is 2.27 bits per heavy atom. The van der Waals surface area contributed by atoms with E-state index < -0.39 is 0 Å². The Balaban J connectivity index is 1.86. The van der Waals surface area contributed by atoms with Crippen molar-refractivity contribution in [2.24, 2.45) is 0 Å². The summed E-state index contributed by atoms with van der Waals surface area (Å²) in [5, 5.41) is 0. The van der Waals surface area contributed by atoms with Gasteiger partial charge in [0.2, 0.25) is 0 Å². The van der Waals surface area contributed by atoms with Crippen LogP contribution in [0.4, 0.5) is 0 Å². The van der Waals surface area contributed by atoms with Crippen LogP contribution in [0.1, 0.15) is 24.8 Å². The fraction of sp³-hybridized carbons (Fsp3) is 0.538. The molecular weight excluding hydrogens is 188 g/mol. The van der Waals surface area contributed by atoms with E-state index in [2.05, 4.69) is 24.3 Å². The summed E-state index contributed by atoms with van der Waals surface area (Å²) >= 11 is 0. The van der Waals surface area contributed by atoms with Crippen molar-refractivity contribution in [3.8, 4) is 0 Å². The van der Waals surface area contributed by atoms with Gasteiger partial charge in [0, 0.05) is 19.6 Å². The molecule has 15 heavy (non-hydrogen) atoms. The summed E-state index contributed by atoms with van der Waals surface area (Å²) in [7, 11) is 0. The lowest BCUT2D eigenvalue weighted by atomic mass is 10.1. The van der Waals surface area contributed by atoms with Crippen molar-refractivity contribution in [3.63, 3.8) is 0 Å². The molecule has 0 radical (unpaired) electrons. The van der Waals surface area contributed by atoms with Gasteiger partial charge in [0.1, 0.15) is 0 Å². The summed E-state index contributed by atoms with van der Waals surface area (Å²) in [6, 6.07) is 10.4. The maximum absolute atomic E-state index is 5.66. The van der Waals surface area contributed by atoms with Crippen LogP contribution >= 0.6 is 0 Å². The Kier molecular flexibility index (Phi) is 4.18. The van der Waals surface area contributed by atoms with E-state index in [9.17, 15) is 0 Å². The zero-order valence-electron chi connectivity index (χ0n) is 9.02. The summed E-state index contributed by atoms with van der Waals surface area (Å²) in [5.41, 5.74) is 1.28. The Hall–Kier alpha value is -0.860. The van der Waals surface area contributed by atoms with E-state index in [0.29, 0.717) is 0 Å². The molecule has 1 saturated heterocycles. The van der Waals surface area contributed by atoms with Crippen molar-refractivity contribution in [3.05, 3.63) is 35.9 Å². The molecule has 0 amide bonds. The Labute approximate surface area is 91.2 Å². The average molecular weight is 206 g/mol. The van der Waals surface area contributed by atoms with Crippen LogP contribution in [-0.2, 0) is 15.9 Å². The van der Waals surface area contributed by atoms with Gasteiger partial charge in [-0.2, -0.15) is 0 Å². The normalized spacial score (nSPS) is 19.5. The molecule has 0 aliphatic carbocycles. The van der Waals surface area contributed by atoms with Crippen LogP contribution in [0.5, 0.6) is 0 Å². The highest BCUT2D eigenvalue weighted by Crippen LogP contribution is 2.11. The average Bonchev–Trinajstić information content (AvgIpc) is 2.23. The van der Waals surface area contributed by atoms with E-state index in [-0.39, 0.29) is 6.29 Å². The molecule has 0 atom stereocenters. The van der Waals surface area contributed by atoms with Gasteiger partial charge < -0.3 is 9.47 Å². The molecule has 0 N–H and O–H groups in total. The van der Waals surface area contributed by atoms with Crippen LogP contribution in [0.15, 0.2) is 30.3 Å². The maximum atomic E-state index is 5.66. The number of benzene rings is 1. The zero-order valence-corrected chi connectivity index (χ0v) is 9.02. The Morgan fingerprint density at radius 1 is 0.933 bits per heavy atom. The largest absolute Gasteiger partial charge is 0.352 e. The van der Waals surface area contributed by atoms with Crippen molar-refractivity contribution in [2.45, 2.75) is 32.0 Å². The van der Waals surface area contributed by atoms with Crippen LogP contribution in [0.25, 0.3) is 0 Å². The first-order chi connectivity index (χ1) is 7.45. The van der Waals surface area contributed by atoms with Crippen LogP contribution in [0, 0.1) is 0 Å². The molecule has 0 aromatic heterocycles. The molecule has 1 aliphatic rings. The van der Waals surface area contributed by atoms with Gasteiger partial charge in [0.25, 0.3) is 0 Å². The summed E-state index contributed by atoms with van der Waals surface area (Å²) in [6.07, 6.45) is 4.36. The smallest absolute Gasteiger partial charge is 0.161 e. The second-order valence-electron chi connectivity index (χ2n) is 3.92. The third kappa shape index (κ3) is 3.65. The predicted octanol–water partition coefficient (Wildman–Crippen LogP) is 2.77. The summed E-state index contributed by atoms with van der Waals surface area (Å²) in [4.78, 5) is 0. The van der Waals surface area contributed by atoms with Gasteiger partial charge in [-0.1, -0.05) is 30.3 Å². The molecule has 0 bridgehead atoms. The van der Waals surface area contributed by atoms with E-state index in [1.807, 2.05) is 6.07 Å². The molecular formula is C13H18O2. The highest BCUT2D eigenvalue weighted by atomic mass is 16.7. The number of hydrogen-bond acceptors (Lipinski definition) is 2. The topological polar surface area (TPSA) is 18.5 Å². The van der Waals surface area contributed by atoms with Crippen LogP contribution in [-0.4, -0.2) is 19.5 Å². The first-order valence-electron chi connectivity index (χ1n) is 5.72. The highest BCUT2D eigenvalue weighted by molar-refractivity contribution is 5.15. The molecule has 1 aromatic rings. The van der Waals surface area contributed by atoms with Crippen molar-refractivity contribution >= 4 is 0 Å². The lowest BCUT2D eigenvalue weighted by Gasteiger charge is -2.21. The molecule has 0 saturated carbocycles. The number of ether oxygens (including phenoxy) is 2. The van der Waals surface area contributed by atoms with Gasteiger partial charge in [0.05, 0.1) is 0 Å². The number of rotatable bonds is 2. The summed E-state index contributed by atoms with van der Waals surface area (Å²) in [5.74, 6) is 0. The van der Waals surface area contributed by atoms with E-state index in [4.69, 9.17) is 9.47 Å². The van der Waals surface area contributed by atoms with E-state index >= 15 is 0 Å². The molecule has 1 heterocycles. The Bertz CT molecular complexity index is 263. The standard InChI is InChI=1S/C13H18O2/c1-3-7-12(8-4-1)11-13-14-9-5-2-6-10-15-13/h1,3-4,7-8,13H,2,5-6,9-11H2. The van der Waals surface area contributed by atoms with Crippen molar-refractivity contribution in [1.82, 2.24) is 0 Å². The SMILES string of the molecule is c1ccc(CC2OCCCCCO2)cc1. The molecule has 0 spiro atoms. The maximum Gasteiger partial charge on any atom is 0.161 e. The molecule has 1 fully saturated rings. The van der Waals surface area contributed by atoms with Gasteiger partial charge in [-0.25, -0.2) is 0 Å². The third-order valence-corrected chi connectivity index (χ3v) is 2.64. The minimum atomic E-state index is -0.0484. The van der Waals surface area contributed by atoms with Crippen molar-refractivity contribution in [1.29, 1.82) is 0 Å². The third-order valence-electron chi connectivity index (χ3n) is 2.64. The minimum absolute atomic E-state index is 0.0484. The van der Waals surface area contributed by atoms with Crippen LogP contribution in [0.2, 0.25) is 0 Å². The van der Waals surface area contributed by atoms with Crippen LogP contribution in [0.3, 0.4) is 0 Å². The second-order valence-corrected chi connectivity index (χ2v) is 3.92. The van der Waals surface area contributed by atoms with Gasteiger partial charge in [-0.15, -0.1) is 0 Å². The minimum Gasteiger partial charge on any atom is -0.352 e. The fourth-order valence-corrected chi connectivity index (χ4v) is 1.78. The monoisotopic (exact) mass is 206 g/mol. The summed E-state index contributed by atoms with van der Waals surface area (Å²) < 4.78 is 11.3. The van der Waals surface area contributed by atoms with E-state index in [0.717, 1.165) is 32.5 Å². The first kappa shape index (κ1) is 10.7. The fourth-order valence-electron chi connectivity index (χ4n) is 1.78. The van der Waals surface area contributed by atoms with E-state index in [1.165, 1.54) is 12.0 Å². The molecule has 2 rings (SSSR count). The van der Waals surface area contributed by atoms with E-state index in [1.54, 1.807) is 0 Å². The van der Waals surface area contributed by atoms with Gasteiger partial charge >= 0.3 is 0 Å². The lowest BCUT2D eigenvalue weighted by molar-refractivity contribution is -0.150. The molecule has 2 nitrogen and oxygen atoms in total. The Morgan fingerprint density at radius 2 is 1.60 bits per heavy atom. The first-order valence-corrected chi connectivity index (χ1v) is 5.72. The zero-order chi connectivity index (χ0) is 10.3. The predicted molar refractivity (Wildman–Crippen MR) is 59.7 cm³/mol. The van der Waals surface area contributed by atoms with Gasteiger partial charge in [-0.05, 0) is 24.8 Å².